The largest absolute Gasteiger partial charge is 0.469 e. The third-order valence-electron chi connectivity index (χ3n) is 7.11. The average molecular weight is 421 g/mol. The van der Waals surface area contributed by atoms with E-state index in [2.05, 4.69) is 26.8 Å². The van der Waals surface area contributed by atoms with Gasteiger partial charge in [0.05, 0.1) is 20.1 Å². The maximum absolute atomic E-state index is 12.6. The van der Waals surface area contributed by atoms with E-state index in [1.54, 1.807) is 0 Å². The lowest BCUT2D eigenvalue weighted by atomic mass is 9.48. The Hall–Kier alpha value is -2.11. The normalized spacial score (nSPS) is 30.2. The SMILES string of the molecule is COC(=O)/C=C(\CC[C@@H]1[C@@H](C(=O)OC)C=C[C@@H]2C(C)(C)CCC[C@@]12C)COC(C)=O. The topological polar surface area (TPSA) is 78.9 Å². The summed E-state index contributed by atoms with van der Waals surface area (Å²) < 4.78 is 15.0. The van der Waals surface area contributed by atoms with Gasteiger partial charge in [0.25, 0.3) is 0 Å². The molecule has 0 N–H and O–H groups in total. The second-order valence-electron chi connectivity index (χ2n) is 9.51. The molecule has 30 heavy (non-hydrogen) atoms. The fraction of sp³-hybridized carbons (Fsp3) is 0.708. The number of fused-ring (bicyclic) bond motifs is 1. The first-order valence-corrected chi connectivity index (χ1v) is 10.7. The number of esters is 3. The monoisotopic (exact) mass is 420 g/mol. The lowest BCUT2D eigenvalue weighted by Crippen LogP contribution is -2.51. The van der Waals surface area contributed by atoms with Crippen LogP contribution in [-0.4, -0.2) is 38.7 Å². The molecule has 6 heteroatoms. The number of carbonyl (C=O) groups excluding carboxylic acids is 3. The van der Waals surface area contributed by atoms with Crippen LogP contribution in [0.5, 0.6) is 0 Å². The van der Waals surface area contributed by atoms with Gasteiger partial charge in [0.2, 0.25) is 0 Å². The summed E-state index contributed by atoms with van der Waals surface area (Å²) in [5.74, 6) is -0.993. The molecule has 0 aromatic carbocycles. The van der Waals surface area contributed by atoms with Crippen molar-refractivity contribution in [1.82, 2.24) is 0 Å². The Kier molecular flexibility index (Phi) is 7.89. The molecule has 0 radical (unpaired) electrons. The molecule has 0 spiro atoms. The summed E-state index contributed by atoms with van der Waals surface area (Å²) in [5, 5.41) is 0. The maximum Gasteiger partial charge on any atom is 0.330 e. The van der Waals surface area contributed by atoms with Crippen LogP contribution in [0.15, 0.2) is 23.8 Å². The van der Waals surface area contributed by atoms with Crippen molar-refractivity contribution >= 4 is 17.9 Å². The molecule has 0 heterocycles. The van der Waals surface area contributed by atoms with E-state index in [0.717, 1.165) is 19.3 Å². The molecule has 1 fully saturated rings. The van der Waals surface area contributed by atoms with E-state index in [9.17, 15) is 14.4 Å². The highest BCUT2D eigenvalue weighted by molar-refractivity contribution is 5.82. The van der Waals surface area contributed by atoms with Crippen LogP contribution in [0.4, 0.5) is 0 Å². The zero-order valence-corrected chi connectivity index (χ0v) is 19.2. The van der Waals surface area contributed by atoms with E-state index < -0.39 is 11.9 Å². The van der Waals surface area contributed by atoms with Crippen molar-refractivity contribution in [3.63, 3.8) is 0 Å². The van der Waals surface area contributed by atoms with Crippen LogP contribution in [0, 0.1) is 28.6 Å². The molecule has 0 aliphatic heterocycles. The number of allylic oxidation sites excluding steroid dienone is 1. The zero-order chi connectivity index (χ0) is 22.5. The third-order valence-corrected chi connectivity index (χ3v) is 7.11. The van der Waals surface area contributed by atoms with E-state index in [1.807, 2.05) is 6.08 Å². The van der Waals surface area contributed by atoms with Gasteiger partial charge in [-0.25, -0.2) is 4.79 Å². The lowest BCUT2D eigenvalue weighted by Gasteiger charge is -2.56. The van der Waals surface area contributed by atoms with Crippen LogP contribution in [0.3, 0.4) is 0 Å². The molecule has 2 aliphatic rings. The second kappa shape index (κ2) is 9.80. The van der Waals surface area contributed by atoms with Crippen LogP contribution in [0.2, 0.25) is 0 Å². The van der Waals surface area contributed by atoms with Gasteiger partial charge in [-0.2, -0.15) is 0 Å². The molecule has 2 rings (SSSR count). The minimum absolute atomic E-state index is 0.0432. The van der Waals surface area contributed by atoms with Crippen LogP contribution in [-0.2, 0) is 28.6 Å². The van der Waals surface area contributed by atoms with E-state index in [-0.39, 0.29) is 35.2 Å². The Labute approximate surface area is 180 Å². The standard InChI is InChI=1S/C24H36O6/c1-16(25)30-15-17(14-21(26)28-5)8-10-19-18(22(27)29-6)9-11-20-23(2,3)12-7-13-24(19,20)4/h9,11,14,18-20H,7-8,10,12-13,15H2,1-6H3/b17-14+/t18-,19+,20+,24-/m0/s1. The predicted octanol–water partition coefficient (Wildman–Crippen LogP) is 4.24. The molecule has 1 saturated carbocycles. The molecule has 0 bridgehead atoms. The average Bonchev–Trinajstić information content (AvgIpc) is 2.68. The Bertz CT molecular complexity index is 719. The lowest BCUT2D eigenvalue weighted by molar-refractivity contribution is -0.150. The first kappa shape index (κ1) is 24.2. The highest BCUT2D eigenvalue weighted by Crippen LogP contribution is 2.60. The minimum atomic E-state index is -0.479. The highest BCUT2D eigenvalue weighted by atomic mass is 16.5. The Morgan fingerprint density at radius 2 is 1.77 bits per heavy atom. The number of carbonyl (C=O) groups is 3. The highest BCUT2D eigenvalue weighted by Gasteiger charge is 2.54. The molecular weight excluding hydrogens is 384 g/mol. The van der Waals surface area contributed by atoms with E-state index in [1.165, 1.54) is 27.2 Å². The van der Waals surface area contributed by atoms with Gasteiger partial charge in [-0.3, -0.25) is 9.59 Å². The Morgan fingerprint density at radius 1 is 1.07 bits per heavy atom. The fourth-order valence-corrected chi connectivity index (χ4v) is 5.64. The molecule has 0 amide bonds. The number of rotatable bonds is 7. The van der Waals surface area contributed by atoms with Crippen LogP contribution in [0.25, 0.3) is 0 Å². The van der Waals surface area contributed by atoms with Gasteiger partial charge in [0, 0.05) is 13.0 Å². The third kappa shape index (κ3) is 5.32. The number of hydrogen-bond donors (Lipinski definition) is 0. The summed E-state index contributed by atoms with van der Waals surface area (Å²) in [5.41, 5.74) is 0.795. The molecule has 0 aromatic rings. The summed E-state index contributed by atoms with van der Waals surface area (Å²) >= 11 is 0. The van der Waals surface area contributed by atoms with Gasteiger partial charge >= 0.3 is 17.9 Å². The van der Waals surface area contributed by atoms with Gasteiger partial charge < -0.3 is 14.2 Å². The van der Waals surface area contributed by atoms with Crippen molar-refractivity contribution in [3.05, 3.63) is 23.8 Å². The van der Waals surface area contributed by atoms with Crippen molar-refractivity contribution in [2.24, 2.45) is 28.6 Å². The van der Waals surface area contributed by atoms with Crippen LogP contribution < -0.4 is 0 Å². The first-order valence-electron chi connectivity index (χ1n) is 10.7. The van der Waals surface area contributed by atoms with Crippen molar-refractivity contribution in [3.8, 4) is 0 Å². The number of hydrogen-bond acceptors (Lipinski definition) is 6. The molecule has 168 valence electrons. The molecule has 0 aromatic heterocycles. The van der Waals surface area contributed by atoms with E-state index >= 15 is 0 Å². The second-order valence-corrected chi connectivity index (χ2v) is 9.51. The van der Waals surface area contributed by atoms with Crippen molar-refractivity contribution < 1.29 is 28.6 Å². The minimum Gasteiger partial charge on any atom is -0.469 e. The van der Waals surface area contributed by atoms with Gasteiger partial charge in [-0.05, 0) is 53.9 Å². The Morgan fingerprint density at radius 3 is 2.37 bits per heavy atom. The fourth-order valence-electron chi connectivity index (χ4n) is 5.64. The zero-order valence-electron chi connectivity index (χ0n) is 19.2. The van der Waals surface area contributed by atoms with E-state index in [0.29, 0.717) is 24.3 Å². The van der Waals surface area contributed by atoms with E-state index in [4.69, 9.17) is 14.2 Å². The number of methoxy groups -OCH3 is 2. The summed E-state index contributed by atoms with van der Waals surface area (Å²) in [6, 6.07) is 0. The predicted molar refractivity (Wildman–Crippen MR) is 113 cm³/mol. The van der Waals surface area contributed by atoms with Crippen molar-refractivity contribution in [2.75, 3.05) is 20.8 Å². The summed E-state index contributed by atoms with van der Waals surface area (Å²) in [7, 11) is 2.74. The van der Waals surface area contributed by atoms with Crippen LogP contribution >= 0.6 is 0 Å². The summed E-state index contributed by atoms with van der Waals surface area (Å²) in [6.45, 7) is 8.28. The molecular formula is C24H36O6. The van der Waals surface area contributed by atoms with Gasteiger partial charge in [-0.15, -0.1) is 0 Å². The van der Waals surface area contributed by atoms with Gasteiger partial charge in [-0.1, -0.05) is 39.3 Å². The number of ether oxygens (including phenoxy) is 3. The summed E-state index contributed by atoms with van der Waals surface area (Å²) in [6.07, 6.45) is 10.2. The van der Waals surface area contributed by atoms with Crippen LogP contribution in [0.1, 0.15) is 59.8 Å². The Balaban J connectivity index is 2.32. The molecule has 0 saturated heterocycles. The van der Waals surface area contributed by atoms with Gasteiger partial charge in [0.1, 0.15) is 6.61 Å². The molecule has 2 aliphatic carbocycles. The van der Waals surface area contributed by atoms with Gasteiger partial charge in [0.15, 0.2) is 0 Å². The first-order chi connectivity index (χ1) is 14.0. The maximum atomic E-state index is 12.6. The van der Waals surface area contributed by atoms with Crippen molar-refractivity contribution in [1.29, 1.82) is 0 Å². The molecule has 4 atom stereocenters. The van der Waals surface area contributed by atoms with Crippen molar-refractivity contribution in [2.45, 2.75) is 59.8 Å². The smallest absolute Gasteiger partial charge is 0.330 e. The molecule has 6 nitrogen and oxygen atoms in total. The quantitative estimate of drug-likeness (QED) is 0.265. The molecule has 0 unspecified atom stereocenters. The summed E-state index contributed by atoms with van der Waals surface area (Å²) in [4.78, 5) is 35.7.